The van der Waals surface area contributed by atoms with Gasteiger partial charge in [-0.05, 0) is 56.8 Å². The summed E-state index contributed by atoms with van der Waals surface area (Å²) in [5.41, 5.74) is 0. The molecule has 0 spiro atoms. The van der Waals surface area contributed by atoms with Crippen LogP contribution in [0.5, 0.6) is 0 Å². The topological polar surface area (TPSA) is 38.7 Å². The van der Waals surface area contributed by atoms with E-state index < -0.39 is 11.6 Å². The van der Waals surface area contributed by atoms with Crippen LogP contribution in [-0.2, 0) is 9.47 Å². The van der Waals surface area contributed by atoms with Crippen molar-refractivity contribution >= 4 is 0 Å². The highest BCUT2D eigenvalue weighted by atomic mass is 16.8. The molecular formula is C17H28O3. The summed E-state index contributed by atoms with van der Waals surface area (Å²) in [5, 5.41) is 10.8. The van der Waals surface area contributed by atoms with Gasteiger partial charge in [-0.1, -0.05) is 6.42 Å². The summed E-state index contributed by atoms with van der Waals surface area (Å²) in [6, 6.07) is 0. The van der Waals surface area contributed by atoms with Crippen molar-refractivity contribution in [3.8, 4) is 0 Å². The van der Waals surface area contributed by atoms with Crippen LogP contribution in [-0.4, -0.2) is 23.8 Å². The Balaban J connectivity index is 1.59. The summed E-state index contributed by atoms with van der Waals surface area (Å²) in [7, 11) is 1.80. The molecule has 5 aliphatic rings. The van der Waals surface area contributed by atoms with Crippen molar-refractivity contribution in [2.45, 2.75) is 75.8 Å². The van der Waals surface area contributed by atoms with Crippen LogP contribution in [0.25, 0.3) is 0 Å². The summed E-state index contributed by atoms with van der Waals surface area (Å²) in [6.07, 6.45) is 11.4. The van der Waals surface area contributed by atoms with E-state index in [1.165, 1.54) is 38.5 Å². The lowest BCUT2D eigenvalue weighted by Gasteiger charge is -2.61. The molecule has 5 fully saturated rings. The fourth-order valence-electron chi connectivity index (χ4n) is 5.89. The zero-order valence-electron chi connectivity index (χ0n) is 12.6. The van der Waals surface area contributed by atoms with Crippen LogP contribution in [0.3, 0.4) is 0 Å². The van der Waals surface area contributed by atoms with E-state index in [1.807, 2.05) is 0 Å². The van der Waals surface area contributed by atoms with E-state index in [2.05, 4.69) is 0 Å². The number of hydrogen-bond acceptors (Lipinski definition) is 3. The summed E-state index contributed by atoms with van der Waals surface area (Å²) in [4.78, 5) is 0. The molecule has 5 rings (SSSR count). The first-order valence-electron chi connectivity index (χ1n) is 8.61. The van der Waals surface area contributed by atoms with Crippen LogP contribution in [0, 0.1) is 23.7 Å². The Morgan fingerprint density at radius 1 is 0.850 bits per heavy atom. The number of hydrogen-bond donors (Lipinski definition) is 1. The van der Waals surface area contributed by atoms with Crippen molar-refractivity contribution in [3.63, 3.8) is 0 Å². The first-order chi connectivity index (χ1) is 9.63. The molecule has 0 atom stereocenters. The Kier molecular flexibility index (Phi) is 3.17. The summed E-state index contributed by atoms with van der Waals surface area (Å²) in [5.74, 6) is 1.39. The molecule has 0 saturated heterocycles. The van der Waals surface area contributed by atoms with Crippen molar-refractivity contribution in [1.82, 2.24) is 0 Å². The zero-order valence-corrected chi connectivity index (χ0v) is 12.6. The maximum absolute atomic E-state index is 10.8. The molecular weight excluding hydrogens is 252 g/mol. The van der Waals surface area contributed by atoms with Gasteiger partial charge in [0, 0.05) is 31.8 Å². The van der Waals surface area contributed by atoms with Gasteiger partial charge in [-0.2, -0.15) is 0 Å². The molecule has 5 aliphatic carbocycles. The van der Waals surface area contributed by atoms with Crippen molar-refractivity contribution in [2.24, 2.45) is 23.7 Å². The number of aliphatic hydroxyl groups is 1. The van der Waals surface area contributed by atoms with Crippen molar-refractivity contribution in [3.05, 3.63) is 0 Å². The van der Waals surface area contributed by atoms with Gasteiger partial charge in [0.1, 0.15) is 0 Å². The number of methoxy groups -OCH3 is 1. The lowest BCUT2D eigenvalue weighted by Crippen LogP contribution is -2.63. The Morgan fingerprint density at radius 3 is 1.90 bits per heavy atom. The lowest BCUT2D eigenvalue weighted by atomic mass is 9.53. The smallest absolute Gasteiger partial charge is 0.176 e. The van der Waals surface area contributed by atoms with E-state index >= 15 is 0 Å². The van der Waals surface area contributed by atoms with Crippen LogP contribution in [0.15, 0.2) is 0 Å². The fourth-order valence-corrected chi connectivity index (χ4v) is 5.89. The van der Waals surface area contributed by atoms with Gasteiger partial charge >= 0.3 is 0 Å². The Morgan fingerprint density at radius 2 is 1.40 bits per heavy atom. The van der Waals surface area contributed by atoms with Crippen LogP contribution < -0.4 is 0 Å². The fraction of sp³-hybridized carbons (Fsp3) is 1.00. The minimum Gasteiger partial charge on any atom is -0.365 e. The molecule has 0 aromatic heterocycles. The molecule has 0 unspecified atom stereocenters. The van der Waals surface area contributed by atoms with Gasteiger partial charge < -0.3 is 14.6 Å². The second-order valence-corrected chi connectivity index (χ2v) is 7.84. The summed E-state index contributed by atoms with van der Waals surface area (Å²) < 4.78 is 12.4. The van der Waals surface area contributed by atoms with Crippen LogP contribution in [0.1, 0.15) is 64.2 Å². The molecule has 20 heavy (non-hydrogen) atoms. The minimum atomic E-state index is -0.927. The molecule has 114 valence electrons. The molecule has 5 saturated carbocycles. The predicted molar refractivity (Wildman–Crippen MR) is 75.9 cm³/mol. The minimum absolute atomic E-state index is 0.487. The van der Waals surface area contributed by atoms with E-state index in [0.29, 0.717) is 11.8 Å². The number of rotatable bonds is 3. The average molecular weight is 280 g/mol. The van der Waals surface area contributed by atoms with E-state index in [-0.39, 0.29) is 0 Å². The summed E-state index contributed by atoms with van der Waals surface area (Å²) in [6.45, 7) is 0. The monoisotopic (exact) mass is 280 g/mol. The standard InChI is InChI=1S/C17H28O3/c1-19-17(20-16(18)5-3-2-4-6-16)14-8-12-7-13(10-14)11-15(17)9-12/h12-15,18H,2-11H2,1H3. The molecule has 0 heterocycles. The highest BCUT2D eigenvalue weighted by Gasteiger charge is 2.61. The Labute approximate surface area is 122 Å². The Hall–Kier alpha value is -0.120. The highest BCUT2D eigenvalue weighted by molar-refractivity contribution is 5.04. The highest BCUT2D eigenvalue weighted by Crippen LogP contribution is 2.61. The lowest BCUT2D eigenvalue weighted by molar-refractivity contribution is -0.407. The SMILES string of the molecule is COC1(OC2(O)CCCCC2)C2CC3CC(C2)CC1C3. The Bertz CT molecular complexity index is 344. The average Bonchev–Trinajstić information content (AvgIpc) is 2.43. The van der Waals surface area contributed by atoms with Gasteiger partial charge in [0.15, 0.2) is 11.6 Å². The molecule has 4 bridgehead atoms. The van der Waals surface area contributed by atoms with Crippen molar-refractivity contribution in [1.29, 1.82) is 0 Å². The molecule has 0 radical (unpaired) electrons. The van der Waals surface area contributed by atoms with Crippen molar-refractivity contribution < 1.29 is 14.6 Å². The second-order valence-electron chi connectivity index (χ2n) is 7.84. The predicted octanol–water partition coefficient (Wildman–Crippen LogP) is 3.45. The van der Waals surface area contributed by atoms with Crippen LogP contribution in [0.2, 0.25) is 0 Å². The van der Waals surface area contributed by atoms with E-state index in [9.17, 15) is 5.11 Å². The van der Waals surface area contributed by atoms with E-state index in [0.717, 1.165) is 37.5 Å². The van der Waals surface area contributed by atoms with Gasteiger partial charge in [-0.15, -0.1) is 0 Å². The normalized spacial score (nSPS) is 49.5. The molecule has 0 amide bonds. The quantitative estimate of drug-likeness (QED) is 0.805. The molecule has 0 aromatic rings. The number of ether oxygens (including phenoxy) is 2. The molecule has 3 heteroatoms. The van der Waals surface area contributed by atoms with E-state index in [1.54, 1.807) is 7.11 Å². The summed E-state index contributed by atoms with van der Waals surface area (Å²) >= 11 is 0. The van der Waals surface area contributed by atoms with Crippen LogP contribution >= 0.6 is 0 Å². The van der Waals surface area contributed by atoms with Gasteiger partial charge in [0.05, 0.1) is 0 Å². The third-order valence-electron chi connectivity index (χ3n) is 6.58. The maximum Gasteiger partial charge on any atom is 0.176 e. The first-order valence-corrected chi connectivity index (χ1v) is 8.61. The van der Waals surface area contributed by atoms with Crippen LogP contribution in [0.4, 0.5) is 0 Å². The third kappa shape index (κ3) is 1.97. The largest absolute Gasteiger partial charge is 0.365 e. The maximum atomic E-state index is 10.8. The second kappa shape index (κ2) is 4.69. The zero-order chi connectivity index (χ0) is 13.8. The van der Waals surface area contributed by atoms with Gasteiger partial charge in [-0.25, -0.2) is 0 Å². The molecule has 0 aromatic carbocycles. The van der Waals surface area contributed by atoms with Gasteiger partial charge in [-0.3, -0.25) is 0 Å². The van der Waals surface area contributed by atoms with Gasteiger partial charge in [0.25, 0.3) is 0 Å². The van der Waals surface area contributed by atoms with Crippen molar-refractivity contribution in [2.75, 3.05) is 7.11 Å². The molecule has 0 aliphatic heterocycles. The molecule has 1 N–H and O–H groups in total. The van der Waals surface area contributed by atoms with E-state index in [4.69, 9.17) is 9.47 Å². The third-order valence-corrected chi connectivity index (χ3v) is 6.58. The van der Waals surface area contributed by atoms with Gasteiger partial charge in [0.2, 0.25) is 0 Å². The molecule has 3 nitrogen and oxygen atoms in total. The first kappa shape index (κ1) is 13.5.